The molecule has 0 spiro atoms. The van der Waals surface area contributed by atoms with E-state index >= 15 is 0 Å². The van der Waals surface area contributed by atoms with Crippen molar-refractivity contribution in [2.45, 2.75) is 12.5 Å². The number of likely N-dealkylation sites (tertiary alicyclic amines) is 1. The van der Waals surface area contributed by atoms with Crippen molar-refractivity contribution < 1.29 is 23.0 Å². The first-order valence-electron chi connectivity index (χ1n) is 10.0. The molecule has 8 nitrogen and oxygen atoms in total. The van der Waals surface area contributed by atoms with Crippen molar-refractivity contribution in [3.05, 3.63) is 54.0 Å². The number of fused-ring (bicyclic) bond motifs is 1. The molecule has 33 heavy (non-hydrogen) atoms. The highest BCUT2D eigenvalue weighted by Crippen LogP contribution is 2.32. The van der Waals surface area contributed by atoms with Gasteiger partial charge in [0, 0.05) is 25.4 Å². The number of amides is 1. The van der Waals surface area contributed by atoms with E-state index in [2.05, 4.69) is 28.4 Å². The summed E-state index contributed by atoms with van der Waals surface area (Å²) < 4.78 is 41.2. The zero-order valence-corrected chi connectivity index (χ0v) is 18.1. The highest BCUT2D eigenvalue weighted by molar-refractivity contribution is 5.92. The zero-order valence-electron chi connectivity index (χ0n) is 18.1. The van der Waals surface area contributed by atoms with E-state index < -0.39 is 17.2 Å². The second-order valence-electron chi connectivity index (χ2n) is 7.37. The molecule has 1 aromatic carbocycles. The van der Waals surface area contributed by atoms with Crippen LogP contribution in [-0.2, 0) is 4.79 Å². The molecule has 2 N–H and O–H groups in total. The van der Waals surface area contributed by atoms with Gasteiger partial charge >= 0.3 is 0 Å². The highest BCUT2D eigenvalue weighted by Gasteiger charge is 2.28. The average Bonchev–Trinajstić information content (AvgIpc) is 3.44. The summed E-state index contributed by atoms with van der Waals surface area (Å²) in [6.07, 6.45) is 5.01. The fourth-order valence-corrected chi connectivity index (χ4v) is 3.90. The van der Waals surface area contributed by atoms with E-state index in [9.17, 15) is 13.6 Å². The van der Waals surface area contributed by atoms with Gasteiger partial charge in [0.15, 0.2) is 23.1 Å². The number of hydrogen-bond donors (Lipinski definition) is 1. The highest BCUT2D eigenvalue weighted by atomic mass is 19.1. The van der Waals surface area contributed by atoms with E-state index in [1.807, 2.05) is 4.57 Å². The smallest absolute Gasteiger partial charge is 0.246 e. The maximum atomic E-state index is 14.7. The summed E-state index contributed by atoms with van der Waals surface area (Å²) in [6.45, 7) is 4.55. The van der Waals surface area contributed by atoms with Crippen LogP contribution >= 0.6 is 0 Å². The van der Waals surface area contributed by atoms with E-state index in [-0.39, 0.29) is 29.3 Å². The van der Waals surface area contributed by atoms with Gasteiger partial charge in [-0.3, -0.25) is 4.79 Å². The predicted molar refractivity (Wildman–Crippen MR) is 118 cm³/mol. The molecule has 0 aliphatic carbocycles. The average molecular weight is 453 g/mol. The molecule has 3 aromatic rings. The molecule has 1 amide bonds. The molecule has 0 unspecified atom stereocenters. The number of ether oxygens (including phenoxy) is 2. The molecule has 3 heterocycles. The standard InChI is InChI=1S/C23H21F2N5O3/c1-4-18(31)29-8-7-14(11-29)30-10-13(19-22(26)27-12-28-23(19)30)5-6-15-20(24)16(32-2)9-17(33-3)21(15)25/h4,9-10,12,14H,1,7-8,11H2,2-3H3,(H2,26,27,28)/t14-/m0/s1. The Bertz CT molecular complexity index is 1300. The Morgan fingerprint density at radius 1 is 1.24 bits per heavy atom. The Balaban J connectivity index is 1.82. The number of methoxy groups -OCH3 is 2. The Hall–Kier alpha value is -4.13. The molecule has 0 radical (unpaired) electrons. The van der Waals surface area contributed by atoms with Crippen molar-refractivity contribution in [1.82, 2.24) is 19.4 Å². The fraction of sp³-hybridized carbons (Fsp3) is 0.261. The maximum absolute atomic E-state index is 14.7. The molecule has 1 atom stereocenters. The Morgan fingerprint density at radius 2 is 1.94 bits per heavy atom. The van der Waals surface area contributed by atoms with E-state index in [1.165, 1.54) is 26.6 Å². The summed E-state index contributed by atoms with van der Waals surface area (Å²) >= 11 is 0. The minimum atomic E-state index is -0.939. The zero-order chi connectivity index (χ0) is 23.7. The number of halogens is 2. The topological polar surface area (TPSA) is 95.5 Å². The minimum absolute atomic E-state index is 0.0772. The van der Waals surface area contributed by atoms with Crippen LogP contribution in [0.5, 0.6) is 11.5 Å². The molecule has 0 bridgehead atoms. The van der Waals surface area contributed by atoms with Gasteiger partial charge in [0.1, 0.15) is 23.4 Å². The minimum Gasteiger partial charge on any atom is -0.493 e. The molecule has 10 heteroatoms. The van der Waals surface area contributed by atoms with E-state index in [1.54, 1.807) is 11.1 Å². The van der Waals surface area contributed by atoms with E-state index in [0.717, 1.165) is 6.07 Å². The summed E-state index contributed by atoms with van der Waals surface area (Å²) in [5.74, 6) is 3.11. The van der Waals surface area contributed by atoms with Crippen molar-refractivity contribution >= 4 is 22.8 Å². The van der Waals surface area contributed by atoms with Crippen LogP contribution in [0.1, 0.15) is 23.6 Å². The molecule has 1 fully saturated rings. The largest absolute Gasteiger partial charge is 0.493 e. The molecule has 1 aliphatic heterocycles. The van der Waals surface area contributed by atoms with Crippen LogP contribution in [0, 0.1) is 23.5 Å². The van der Waals surface area contributed by atoms with Gasteiger partial charge in [-0.15, -0.1) is 0 Å². The van der Waals surface area contributed by atoms with Crippen LogP contribution in [0.15, 0.2) is 31.2 Å². The molecule has 170 valence electrons. The monoisotopic (exact) mass is 453 g/mol. The summed E-state index contributed by atoms with van der Waals surface area (Å²) in [5, 5.41) is 0.467. The van der Waals surface area contributed by atoms with Gasteiger partial charge in [-0.05, 0) is 12.5 Å². The lowest BCUT2D eigenvalue weighted by Crippen LogP contribution is -2.27. The number of nitrogen functional groups attached to an aromatic ring is 1. The number of aromatic nitrogens is 3. The van der Waals surface area contributed by atoms with Crippen molar-refractivity contribution in [2.75, 3.05) is 33.0 Å². The van der Waals surface area contributed by atoms with Crippen molar-refractivity contribution in [2.24, 2.45) is 0 Å². The third-order valence-electron chi connectivity index (χ3n) is 5.58. The Morgan fingerprint density at radius 3 is 2.58 bits per heavy atom. The van der Waals surface area contributed by atoms with Gasteiger partial charge < -0.3 is 24.7 Å². The SMILES string of the molecule is C=CC(=O)N1CC[C@H](n2cc(C#Cc3c(F)c(OC)cc(OC)c3F)c3c(N)ncnc32)C1. The number of rotatable bonds is 4. The second kappa shape index (κ2) is 8.78. The maximum Gasteiger partial charge on any atom is 0.246 e. The van der Waals surface area contributed by atoms with E-state index in [0.29, 0.717) is 36.1 Å². The van der Waals surface area contributed by atoms with Crippen LogP contribution in [0.25, 0.3) is 11.0 Å². The number of anilines is 1. The lowest BCUT2D eigenvalue weighted by atomic mass is 10.1. The van der Waals surface area contributed by atoms with Crippen LogP contribution < -0.4 is 15.2 Å². The quantitative estimate of drug-likeness (QED) is 0.482. The molecule has 1 saturated heterocycles. The third kappa shape index (κ3) is 3.82. The third-order valence-corrected chi connectivity index (χ3v) is 5.58. The Kier molecular flexibility index (Phi) is 5.87. The van der Waals surface area contributed by atoms with E-state index in [4.69, 9.17) is 15.2 Å². The summed E-state index contributed by atoms with van der Waals surface area (Å²) in [4.78, 5) is 22.0. The van der Waals surface area contributed by atoms with Crippen molar-refractivity contribution in [1.29, 1.82) is 0 Å². The normalized spacial score (nSPS) is 15.3. The first kappa shape index (κ1) is 22.1. The molecule has 4 rings (SSSR count). The number of nitrogens with two attached hydrogens (primary N) is 1. The lowest BCUT2D eigenvalue weighted by Gasteiger charge is -2.15. The van der Waals surface area contributed by atoms with Gasteiger partial charge in [-0.2, -0.15) is 0 Å². The number of benzene rings is 1. The first-order valence-corrected chi connectivity index (χ1v) is 10.0. The summed E-state index contributed by atoms with van der Waals surface area (Å²) in [6, 6.07) is 1.04. The number of nitrogens with zero attached hydrogens (tertiary/aromatic N) is 4. The summed E-state index contributed by atoms with van der Waals surface area (Å²) in [7, 11) is 2.53. The first-order chi connectivity index (χ1) is 15.9. The van der Waals surface area contributed by atoms with Crippen molar-refractivity contribution in [3.63, 3.8) is 0 Å². The molecule has 0 saturated carbocycles. The molecular formula is C23H21F2N5O3. The van der Waals surface area contributed by atoms with Gasteiger partial charge in [0.05, 0.1) is 31.2 Å². The molecule has 2 aromatic heterocycles. The van der Waals surface area contributed by atoms with Gasteiger partial charge in [-0.25, -0.2) is 18.7 Å². The van der Waals surface area contributed by atoms with Crippen LogP contribution in [-0.4, -0.2) is 52.7 Å². The van der Waals surface area contributed by atoms with Crippen molar-refractivity contribution in [3.8, 4) is 23.3 Å². The number of carbonyl (C=O) groups is 1. The van der Waals surface area contributed by atoms with Gasteiger partial charge in [-0.1, -0.05) is 18.4 Å². The summed E-state index contributed by atoms with van der Waals surface area (Å²) in [5.41, 5.74) is 6.52. The van der Waals surface area contributed by atoms with Gasteiger partial charge in [0.2, 0.25) is 5.91 Å². The Labute approximate surface area is 188 Å². The predicted octanol–water partition coefficient (Wildman–Crippen LogP) is 2.67. The van der Waals surface area contributed by atoms with Crippen LogP contribution in [0.4, 0.5) is 14.6 Å². The second-order valence-corrected chi connectivity index (χ2v) is 7.37. The van der Waals surface area contributed by atoms with Crippen LogP contribution in [0.2, 0.25) is 0 Å². The fourth-order valence-electron chi connectivity index (χ4n) is 3.90. The van der Waals surface area contributed by atoms with Gasteiger partial charge in [0.25, 0.3) is 0 Å². The lowest BCUT2D eigenvalue weighted by molar-refractivity contribution is -0.125. The molecular weight excluding hydrogens is 432 g/mol. The number of hydrogen-bond acceptors (Lipinski definition) is 6. The number of carbonyl (C=O) groups excluding carboxylic acids is 1. The molecule has 1 aliphatic rings. The van der Waals surface area contributed by atoms with Crippen LogP contribution in [0.3, 0.4) is 0 Å².